The Morgan fingerprint density at radius 3 is 2.84 bits per heavy atom. The number of carbonyl (C=O) groups excluding carboxylic acids is 1. The number of carbonyl (C=O) groups is 1. The average molecular weight is 541 g/mol. The van der Waals surface area contributed by atoms with Crippen LogP contribution in [0.5, 0.6) is 0 Å². The number of aliphatic imine (C=N–C) groups is 1. The van der Waals surface area contributed by atoms with Gasteiger partial charge in [0.05, 0.1) is 12.8 Å². The van der Waals surface area contributed by atoms with Crippen molar-refractivity contribution in [2.75, 3.05) is 18.6 Å². The number of allylic oxidation sites excluding steroid dienone is 1. The number of alkyl halides is 2. The van der Waals surface area contributed by atoms with Gasteiger partial charge in [-0.2, -0.15) is 0 Å². The topological polar surface area (TPSA) is 117 Å². The second kappa shape index (κ2) is 11.8. The third-order valence-electron chi connectivity index (χ3n) is 6.37. The number of amides is 1. The Hall–Kier alpha value is -3.65. The van der Waals surface area contributed by atoms with E-state index in [1.165, 1.54) is 25.6 Å². The average Bonchev–Trinajstić information content (AvgIpc) is 3.71. The van der Waals surface area contributed by atoms with Gasteiger partial charge in [-0.3, -0.25) is 15.1 Å². The van der Waals surface area contributed by atoms with E-state index in [1.54, 1.807) is 11.0 Å². The minimum atomic E-state index is -2.66. The molecular formula is C27H30F2N6O2S. The van der Waals surface area contributed by atoms with Crippen LogP contribution in [0, 0.1) is 29.1 Å². The summed E-state index contributed by atoms with van der Waals surface area (Å²) < 4.78 is 32.7. The lowest BCUT2D eigenvalue weighted by molar-refractivity contribution is -0.120. The van der Waals surface area contributed by atoms with Crippen molar-refractivity contribution in [2.24, 2.45) is 22.6 Å². The second-order valence-corrected chi connectivity index (χ2v) is 10.5. The van der Waals surface area contributed by atoms with Crippen molar-refractivity contribution in [3.63, 3.8) is 0 Å². The van der Waals surface area contributed by atoms with Gasteiger partial charge in [0, 0.05) is 42.4 Å². The van der Waals surface area contributed by atoms with Crippen molar-refractivity contribution in [1.82, 2.24) is 10.3 Å². The van der Waals surface area contributed by atoms with Crippen LogP contribution in [0.4, 0.5) is 14.6 Å². The summed E-state index contributed by atoms with van der Waals surface area (Å²) in [4.78, 5) is 23.2. The maximum atomic E-state index is 13.6. The third kappa shape index (κ3) is 6.61. The summed E-state index contributed by atoms with van der Waals surface area (Å²) in [5, 5.41) is 10.8. The number of methoxy groups -OCH3 is 1. The Morgan fingerprint density at radius 1 is 1.42 bits per heavy atom. The number of nitrogens with two attached hydrogens (primary N) is 1. The SMILES string of the molecule is C=C(N=C(N)SC(=N)C#CC1CC1)c1cnc(N2CCC(C)CC2=O)cc1C1=CC(C(F)F)NC=C1OC. The number of nitrogens with one attached hydrogen (secondary N) is 2. The van der Waals surface area contributed by atoms with Crippen LogP contribution >= 0.6 is 11.8 Å². The highest BCUT2D eigenvalue weighted by Gasteiger charge is 2.29. The summed E-state index contributed by atoms with van der Waals surface area (Å²) in [5.41, 5.74) is 7.57. The molecular weight excluding hydrogens is 510 g/mol. The van der Waals surface area contributed by atoms with Crippen molar-refractivity contribution >= 4 is 45.0 Å². The summed E-state index contributed by atoms with van der Waals surface area (Å²) in [5.74, 6) is 7.09. The monoisotopic (exact) mass is 540 g/mol. The predicted molar refractivity (Wildman–Crippen MR) is 147 cm³/mol. The van der Waals surface area contributed by atoms with Crippen molar-refractivity contribution in [1.29, 1.82) is 5.41 Å². The van der Waals surface area contributed by atoms with Crippen LogP contribution in [-0.2, 0) is 9.53 Å². The molecule has 1 amide bonds. The van der Waals surface area contributed by atoms with Gasteiger partial charge in [-0.05, 0) is 60.6 Å². The lowest BCUT2D eigenvalue weighted by Crippen LogP contribution is -2.38. The van der Waals surface area contributed by atoms with E-state index in [9.17, 15) is 13.6 Å². The summed E-state index contributed by atoms with van der Waals surface area (Å²) in [6.45, 7) is 6.56. The summed E-state index contributed by atoms with van der Waals surface area (Å²) >= 11 is 0.913. The molecule has 1 saturated heterocycles. The number of thioether (sulfide) groups is 1. The molecule has 8 nitrogen and oxygen atoms in total. The number of anilines is 1. The maximum absolute atomic E-state index is 13.6. The van der Waals surface area contributed by atoms with Crippen LogP contribution in [0.1, 0.15) is 43.7 Å². The first kappa shape index (κ1) is 27.4. The fourth-order valence-corrected chi connectivity index (χ4v) is 4.58. The highest BCUT2D eigenvalue weighted by molar-refractivity contribution is 8.26. The number of hydrogen-bond acceptors (Lipinski definition) is 7. The molecule has 1 saturated carbocycles. The molecule has 2 atom stereocenters. The van der Waals surface area contributed by atoms with Crippen LogP contribution < -0.4 is 16.0 Å². The molecule has 11 heteroatoms. The van der Waals surface area contributed by atoms with Gasteiger partial charge in [0.2, 0.25) is 5.91 Å². The Labute approximate surface area is 225 Å². The first-order valence-corrected chi connectivity index (χ1v) is 13.1. The molecule has 2 unspecified atom stereocenters. The van der Waals surface area contributed by atoms with E-state index in [1.807, 2.05) is 6.92 Å². The molecule has 1 aliphatic carbocycles. The molecule has 200 valence electrons. The number of pyridine rings is 1. The van der Waals surface area contributed by atoms with E-state index in [0.29, 0.717) is 47.2 Å². The number of ether oxygens (including phenoxy) is 1. The first-order valence-electron chi connectivity index (χ1n) is 12.3. The minimum Gasteiger partial charge on any atom is -0.495 e. The molecule has 0 spiro atoms. The van der Waals surface area contributed by atoms with Gasteiger partial charge in [-0.25, -0.2) is 18.8 Å². The highest BCUT2D eigenvalue weighted by atomic mass is 32.2. The number of rotatable bonds is 6. The summed E-state index contributed by atoms with van der Waals surface area (Å²) in [6, 6.07) is 0.428. The van der Waals surface area contributed by atoms with Crippen LogP contribution in [0.15, 0.2) is 41.9 Å². The number of amidine groups is 1. The van der Waals surface area contributed by atoms with E-state index in [2.05, 4.69) is 33.7 Å². The lowest BCUT2D eigenvalue weighted by Gasteiger charge is -2.30. The molecule has 1 aromatic heterocycles. The number of dihydropyridines is 1. The maximum Gasteiger partial charge on any atom is 0.261 e. The molecule has 0 radical (unpaired) electrons. The van der Waals surface area contributed by atoms with Gasteiger partial charge in [0.15, 0.2) is 5.17 Å². The molecule has 3 heterocycles. The van der Waals surface area contributed by atoms with Crippen LogP contribution in [0.25, 0.3) is 11.3 Å². The number of piperidine rings is 1. The highest BCUT2D eigenvalue weighted by Crippen LogP contribution is 2.36. The Morgan fingerprint density at radius 2 is 2.18 bits per heavy atom. The quantitative estimate of drug-likeness (QED) is 0.280. The molecule has 0 aromatic carbocycles. The standard InChI is InChI=1S/C27H30F2N6O2S/c1-15-8-9-35(25(36)10-15)24-12-18(19-11-21(26(28)29)32-14-22(19)37-3)20(13-33-24)16(2)34-27(31)38-23(30)7-6-17-4-5-17/h11-15,17,21,26,30,32H,2,4-5,8-10H2,1,3H3,(H2,31,34). The molecule has 1 aromatic rings. The van der Waals surface area contributed by atoms with Crippen LogP contribution in [-0.4, -0.2) is 47.2 Å². The largest absolute Gasteiger partial charge is 0.495 e. The Kier molecular flexibility index (Phi) is 8.52. The van der Waals surface area contributed by atoms with E-state index in [4.69, 9.17) is 15.9 Å². The zero-order valence-electron chi connectivity index (χ0n) is 21.3. The van der Waals surface area contributed by atoms with Gasteiger partial charge in [0.25, 0.3) is 6.43 Å². The Balaban J connectivity index is 1.71. The predicted octanol–water partition coefficient (Wildman–Crippen LogP) is 4.36. The van der Waals surface area contributed by atoms with E-state index < -0.39 is 12.5 Å². The summed E-state index contributed by atoms with van der Waals surface area (Å²) in [6.07, 6.45) is 4.95. The zero-order valence-corrected chi connectivity index (χ0v) is 22.1. The van der Waals surface area contributed by atoms with Crippen LogP contribution in [0.2, 0.25) is 0 Å². The fourth-order valence-electron chi connectivity index (χ4n) is 4.11. The first-order chi connectivity index (χ1) is 18.2. The fraction of sp³-hybridized carbons (Fsp3) is 0.407. The zero-order chi connectivity index (χ0) is 27.4. The number of aromatic nitrogens is 1. The van der Waals surface area contributed by atoms with Gasteiger partial charge in [-0.15, -0.1) is 0 Å². The van der Waals surface area contributed by atoms with Gasteiger partial charge >= 0.3 is 0 Å². The smallest absolute Gasteiger partial charge is 0.261 e. The van der Waals surface area contributed by atoms with Gasteiger partial charge in [0.1, 0.15) is 22.7 Å². The minimum absolute atomic E-state index is 0.0504. The molecule has 4 N–H and O–H groups in total. The van der Waals surface area contributed by atoms with Crippen molar-refractivity contribution in [2.45, 2.75) is 45.1 Å². The normalized spacial score (nSPS) is 21.7. The van der Waals surface area contributed by atoms with Crippen molar-refractivity contribution < 1.29 is 18.3 Å². The van der Waals surface area contributed by atoms with Crippen molar-refractivity contribution in [3.05, 3.63) is 48.0 Å². The molecule has 0 bridgehead atoms. The van der Waals surface area contributed by atoms with E-state index in [0.717, 1.165) is 31.0 Å². The van der Waals surface area contributed by atoms with Gasteiger partial charge < -0.3 is 15.8 Å². The molecule has 38 heavy (non-hydrogen) atoms. The number of hydrogen-bond donors (Lipinski definition) is 3. The van der Waals surface area contributed by atoms with Crippen molar-refractivity contribution in [3.8, 4) is 11.8 Å². The summed E-state index contributed by atoms with van der Waals surface area (Å²) in [7, 11) is 1.44. The molecule has 2 fully saturated rings. The Bertz CT molecular complexity index is 1290. The number of halogens is 2. The van der Waals surface area contributed by atoms with E-state index >= 15 is 0 Å². The van der Waals surface area contributed by atoms with E-state index in [-0.39, 0.29) is 27.7 Å². The van der Waals surface area contributed by atoms with Gasteiger partial charge in [-0.1, -0.05) is 19.4 Å². The third-order valence-corrected chi connectivity index (χ3v) is 6.97. The lowest BCUT2D eigenvalue weighted by atomic mass is 9.94. The molecule has 2 aliphatic heterocycles. The number of nitrogens with zero attached hydrogens (tertiary/aromatic N) is 3. The molecule has 4 rings (SSSR count). The van der Waals surface area contributed by atoms with Crippen LogP contribution in [0.3, 0.4) is 0 Å². The second-order valence-electron chi connectivity index (χ2n) is 9.42. The molecule has 3 aliphatic rings.